The molecule has 36 heavy (non-hydrogen) atoms. The Bertz CT molecular complexity index is 1010. The molecule has 0 aliphatic carbocycles. The second-order valence-corrected chi connectivity index (χ2v) is 15.6. The highest BCUT2D eigenvalue weighted by atomic mass is 35.5. The topological polar surface area (TPSA) is 77.0 Å². The number of hydrogen-bond acceptors (Lipinski definition) is 5. The molecule has 1 unspecified atom stereocenters. The van der Waals surface area contributed by atoms with Gasteiger partial charge >= 0.3 is 5.97 Å². The molecule has 200 valence electrons. The minimum atomic E-state index is -2.12. The lowest BCUT2D eigenvalue weighted by Crippen LogP contribution is -2.46. The molecule has 0 fully saturated rings. The molecular weight excluding hydrogens is 501 g/mol. The Hall–Kier alpha value is -2.13. The summed E-state index contributed by atoms with van der Waals surface area (Å²) in [6.07, 6.45) is 0.119. The van der Waals surface area contributed by atoms with Crippen molar-refractivity contribution in [2.45, 2.75) is 77.4 Å². The Balaban J connectivity index is 2.18. The lowest BCUT2D eigenvalue weighted by molar-refractivity contribution is -0.137. The Labute approximate surface area is 220 Å². The number of hydrogen-bond donors (Lipinski definition) is 2. The number of benzene rings is 2. The molecule has 2 rings (SSSR count). The molecule has 2 atom stereocenters. The number of carboxylic acid groups (broad SMARTS) is 1. The molecule has 0 aliphatic heterocycles. The first-order valence-electron chi connectivity index (χ1n) is 12.1. The zero-order chi connectivity index (χ0) is 27.1. The van der Waals surface area contributed by atoms with Crippen LogP contribution in [0.1, 0.15) is 57.7 Å². The lowest BCUT2D eigenvalue weighted by Gasteiger charge is -2.39. The van der Waals surface area contributed by atoms with Crippen LogP contribution in [0.25, 0.3) is 0 Å². The van der Waals surface area contributed by atoms with Crippen molar-refractivity contribution >= 4 is 25.9 Å². The molecule has 0 aromatic heterocycles. The van der Waals surface area contributed by atoms with E-state index in [1.807, 2.05) is 6.92 Å². The Morgan fingerprint density at radius 3 is 2.33 bits per heavy atom. The van der Waals surface area contributed by atoms with Gasteiger partial charge < -0.3 is 24.3 Å². The zero-order valence-corrected chi connectivity index (χ0v) is 24.0. The number of rotatable bonds is 13. The first-order valence-corrected chi connectivity index (χ1v) is 15.4. The third-order valence-corrected chi connectivity index (χ3v) is 11.6. The number of nitrogens with one attached hydrogen (secondary N) is 1. The van der Waals surface area contributed by atoms with E-state index >= 15 is 0 Å². The van der Waals surface area contributed by atoms with Crippen molar-refractivity contribution in [3.8, 4) is 11.5 Å². The second kappa shape index (κ2) is 12.9. The van der Waals surface area contributed by atoms with E-state index in [-0.39, 0.29) is 35.2 Å². The maximum atomic E-state index is 14.3. The maximum Gasteiger partial charge on any atom is 0.303 e. The van der Waals surface area contributed by atoms with Crippen LogP contribution in [0.3, 0.4) is 0 Å². The first-order chi connectivity index (χ1) is 16.7. The van der Waals surface area contributed by atoms with Crippen LogP contribution < -0.4 is 14.8 Å². The van der Waals surface area contributed by atoms with Crippen LogP contribution >= 0.6 is 11.6 Å². The molecule has 0 radical (unpaired) electrons. The summed E-state index contributed by atoms with van der Waals surface area (Å²) in [4.78, 5) is 11.2. The summed E-state index contributed by atoms with van der Waals surface area (Å²) in [6.45, 7) is 13.2. The average Bonchev–Trinajstić information content (AvgIpc) is 2.79. The van der Waals surface area contributed by atoms with Gasteiger partial charge in [-0.25, -0.2) is 4.39 Å². The van der Waals surface area contributed by atoms with Crippen LogP contribution in [-0.2, 0) is 15.8 Å². The molecule has 0 saturated heterocycles. The molecule has 2 aromatic rings. The van der Waals surface area contributed by atoms with E-state index < -0.39 is 20.1 Å². The van der Waals surface area contributed by atoms with Gasteiger partial charge in [-0.2, -0.15) is 0 Å². The highest BCUT2D eigenvalue weighted by Gasteiger charge is 2.39. The lowest BCUT2D eigenvalue weighted by atomic mass is 10.0. The summed E-state index contributed by atoms with van der Waals surface area (Å²) in [6, 6.07) is 9.64. The van der Waals surface area contributed by atoms with Gasteiger partial charge in [0, 0.05) is 24.6 Å². The number of halogens is 2. The van der Waals surface area contributed by atoms with E-state index in [0.717, 1.165) is 5.75 Å². The van der Waals surface area contributed by atoms with Crippen molar-refractivity contribution in [1.82, 2.24) is 5.32 Å². The van der Waals surface area contributed by atoms with Gasteiger partial charge in [0.1, 0.15) is 23.9 Å². The Morgan fingerprint density at radius 1 is 1.17 bits per heavy atom. The van der Waals surface area contributed by atoms with Gasteiger partial charge in [0.05, 0.1) is 18.2 Å². The normalized spacial score (nSPS) is 13.8. The molecule has 6 nitrogen and oxygen atoms in total. The molecule has 0 spiro atoms. The summed E-state index contributed by atoms with van der Waals surface area (Å²) in [7, 11) is -0.525. The molecule has 2 N–H and O–H groups in total. The predicted octanol–water partition coefficient (Wildman–Crippen LogP) is 6.97. The number of ether oxygens (including phenoxy) is 2. The average molecular weight is 540 g/mol. The Kier molecular flexibility index (Phi) is 10.8. The summed E-state index contributed by atoms with van der Waals surface area (Å²) in [5.74, 6) is 0.0656. The van der Waals surface area contributed by atoms with Crippen LogP contribution in [0.15, 0.2) is 36.4 Å². The fourth-order valence-corrected chi connectivity index (χ4v) is 5.14. The van der Waals surface area contributed by atoms with Crippen LogP contribution in [0, 0.1) is 5.82 Å². The highest BCUT2D eigenvalue weighted by Crippen LogP contribution is 2.38. The van der Waals surface area contributed by atoms with E-state index in [0.29, 0.717) is 29.8 Å². The Morgan fingerprint density at radius 2 is 1.78 bits per heavy atom. The van der Waals surface area contributed by atoms with Gasteiger partial charge in [-0.1, -0.05) is 32.4 Å². The number of aliphatic carboxylic acids is 1. The SMILES string of the molecule is COc1ccc(OCc2c(Cl)cc(F)cc2[C@H](C)NCC(CCC(=O)O)O[Si](C)(C)C(C)(C)C)cc1. The smallest absolute Gasteiger partial charge is 0.303 e. The minimum absolute atomic E-state index is 0.0118. The molecule has 0 bridgehead atoms. The van der Waals surface area contributed by atoms with Crippen molar-refractivity contribution in [3.05, 3.63) is 58.4 Å². The van der Waals surface area contributed by atoms with Crippen LogP contribution in [0.5, 0.6) is 11.5 Å². The van der Waals surface area contributed by atoms with E-state index in [4.69, 9.17) is 25.5 Å². The monoisotopic (exact) mass is 539 g/mol. The molecule has 0 aliphatic rings. The van der Waals surface area contributed by atoms with Gasteiger partial charge in [0.2, 0.25) is 0 Å². The highest BCUT2D eigenvalue weighted by molar-refractivity contribution is 6.74. The molecule has 9 heteroatoms. The summed E-state index contributed by atoms with van der Waals surface area (Å²) in [5, 5.41) is 12.9. The van der Waals surface area contributed by atoms with Crippen LogP contribution in [0.2, 0.25) is 23.2 Å². The predicted molar refractivity (Wildman–Crippen MR) is 144 cm³/mol. The fourth-order valence-electron chi connectivity index (χ4n) is 3.49. The van der Waals surface area contributed by atoms with E-state index in [1.54, 1.807) is 31.4 Å². The summed E-state index contributed by atoms with van der Waals surface area (Å²) >= 11 is 6.43. The van der Waals surface area contributed by atoms with Gasteiger partial charge in [-0.3, -0.25) is 4.79 Å². The van der Waals surface area contributed by atoms with Gasteiger partial charge in [-0.05, 0) is 73.4 Å². The standard InChI is InChI=1S/C27H39ClFNO5Si/c1-18(30-16-22(12-13-26(31)32)35-36(6,7)27(2,3)4)23-14-19(29)15-25(28)24(23)17-34-21-10-8-20(33-5)9-11-21/h8-11,14-15,18,22,30H,12-13,16-17H2,1-7H3,(H,31,32)/t18-,22?/m0/s1. The molecule has 0 heterocycles. The molecular formula is C27H39ClFNO5Si. The van der Waals surface area contributed by atoms with Crippen molar-refractivity contribution in [3.63, 3.8) is 0 Å². The molecule has 0 saturated carbocycles. The van der Waals surface area contributed by atoms with Crippen LogP contribution in [0.4, 0.5) is 4.39 Å². The fraction of sp³-hybridized carbons (Fsp3) is 0.519. The van der Waals surface area contributed by atoms with E-state index in [9.17, 15) is 14.3 Å². The number of carbonyl (C=O) groups is 1. The minimum Gasteiger partial charge on any atom is -0.497 e. The summed E-state index contributed by atoms with van der Waals surface area (Å²) < 4.78 is 31.9. The van der Waals surface area contributed by atoms with Crippen LogP contribution in [-0.4, -0.2) is 39.2 Å². The largest absolute Gasteiger partial charge is 0.497 e. The van der Waals surface area contributed by atoms with Crippen molar-refractivity contribution in [1.29, 1.82) is 0 Å². The molecule has 2 aromatic carbocycles. The van der Waals surface area contributed by atoms with Gasteiger partial charge in [0.15, 0.2) is 8.32 Å². The third kappa shape index (κ3) is 8.76. The van der Waals surface area contributed by atoms with Crippen molar-refractivity contribution in [2.24, 2.45) is 0 Å². The van der Waals surface area contributed by atoms with Crippen molar-refractivity contribution < 1.29 is 28.2 Å². The second-order valence-electron chi connectivity index (χ2n) is 10.5. The van der Waals surface area contributed by atoms with E-state index in [1.165, 1.54) is 12.1 Å². The van der Waals surface area contributed by atoms with E-state index in [2.05, 4.69) is 39.2 Å². The van der Waals surface area contributed by atoms with Gasteiger partial charge in [-0.15, -0.1) is 0 Å². The maximum absolute atomic E-state index is 14.3. The zero-order valence-electron chi connectivity index (χ0n) is 22.3. The third-order valence-electron chi connectivity index (χ3n) is 6.70. The van der Waals surface area contributed by atoms with Gasteiger partial charge in [0.25, 0.3) is 0 Å². The number of carboxylic acids is 1. The van der Waals surface area contributed by atoms with Crippen molar-refractivity contribution in [2.75, 3.05) is 13.7 Å². The summed E-state index contributed by atoms with van der Waals surface area (Å²) in [5.41, 5.74) is 1.36. The molecule has 0 amide bonds. The number of methoxy groups -OCH3 is 1. The quantitative estimate of drug-likeness (QED) is 0.268. The first kappa shape index (κ1) is 30.1.